The van der Waals surface area contributed by atoms with Crippen molar-refractivity contribution in [3.63, 3.8) is 0 Å². The first-order chi connectivity index (χ1) is 4.71. The monoisotopic (exact) mass is 188 g/mol. The van der Waals surface area contributed by atoms with Crippen LogP contribution in [0, 0.1) is 0 Å². The highest BCUT2D eigenvalue weighted by Crippen LogP contribution is 2.35. The summed E-state index contributed by atoms with van der Waals surface area (Å²) < 4.78 is 25.8. The van der Waals surface area contributed by atoms with Crippen molar-refractivity contribution in [2.24, 2.45) is 0 Å². The number of hydrogen-bond acceptors (Lipinski definition) is 2. The van der Waals surface area contributed by atoms with Crippen molar-refractivity contribution in [3.05, 3.63) is 0 Å². The standard InChI is InChI=1S/C4H11FNO4P/c1-6(2,5)3-4-10-11(7,8)9/h3-4H2,1-2H3,(H-,7,8,9)/p+1. The van der Waals surface area contributed by atoms with E-state index < -0.39 is 12.5 Å². The van der Waals surface area contributed by atoms with Crippen molar-refractivity contribution in [1.29, 1.82) is 0 Å². The summed E-state index contributed by atoms with van der Waals surface area (Å²) in [5.74, 6) is 0. The Labute approximate surface area is 64.2 Å². The molecule has 2 N–H and O–H groups in total. The zero-order valence-corrected chi connectivity index (χ0v) is 7.29. The Hall–Kier alpha value is -0.0000000000000000416. The van der Waals surface area contributed by atoms with Crippen molar-refractivity contribution in [1.82, 2.24) is 0 Å². The summed E-state index contributed by atoms with van der Waals surface area (Å²) in [4.78, 5) is 16.3. The van der Waals surface area contributed by atoms with Crippen LogP contribution in [0.4, 0.5) is 4.48 Å². The van der Waals surface area contributed by atoms with E-state index in [4.69, 9.17) is 9.79 Å². The van der Waals surface area contributed by atoms with E-state index >= 15 is 0 Å². The number of phosphoric acid groups is 1. The third-order valence-electron chi connectivity index (χ3n) is 0.882. The van der Waals surface area contributed by atoms with Gasteiger partial charge < -0.3 is 9.79 Å². The fraction of sp³-hybridized carbons (Fsp3) is 1.00. The minimum Gasteiger partial charge on any atom is -0.303 e. The number of hydrogen-bond donors (Lipinski definition) is 2. The summed E-state index contributed by atoms with van der Waals surface area (Å²) in [6.07, 6.45) is 0. The van der Waals surface area contributed by atoms with Crippen LogP contribution >= 0.6 is 7.82 Å². The Balaban J connectivity index is 3.52. The van der Waals surface area contributed by atoms with E-state index in [1.165, 1.54) is 14.1 Å². The van der Waals surface area contributed by atoms with Crippen LogP contribution < -0.4 is 0 Å². The maximum atomic E-state index is 12.6. The normalized spacial score (nSPS) is 13.5. The van der Waals surface area contributed by atoms with E-state index in [9.17, 15) is 9.05 Å². The third-order valence-corrected chi connectivity index (χ3v) is 1.40. The fourth-order valence-electron chi connectivity index (χ4n) is 0.377. The number of phosphoric ester groups is 1. The summed E-state index contributed by atoms with van der Waals surface area (Å²) in [5, 5.41) is 0. The summed E-state index contributed by atoms with van der Waals surface area (Å²) in [5.41, 5.74) is 0. The van der Waals surface area contributed by atoms with Crippen LogP contribution in [0.15, 0.2) is 0 Å². The van der Waals surface area contributed by atoms with Gasteiger partial charge in [-0.15, -0.1) is 4.71 Å². The van der Waals surface area contributed by atoms with Gasteiger partial charge in [0, 0.05) is 0 Å². The second-order valence-electron chi connectivity index (χ2n) is 2.58. The van der Waals surface area contributed by atoms with Gasteiger partial charge in [-0.3, -0.25) is 4.52 Å². The first-order valence-electron chi connectivity index (χ1n) is 2.93. The largest absolute Gasteiger partial charge is 0.469 e. The molecule has 0 saturated heterocycles. The highest BCUT2D eigenvalue weighted by Gasteiger charge is 2.19. The molecule has 0 amide bonds. The second-order valence-corrected chi connectivity index (χ2v) is 3.82. The van der Waals surface area contributed by atoms with Crippen molar-refractivity contribution in [3.8, 4) is 0 Å². The molecule has 0 aromatic carbocycles. The van der Waals surface area contributed by atoms with Crippen molar-refractivity contribution in [2.75, 3.05) is 27.2 Å². The van der Waals surface area contributed by atoms with Crippen LogP contribution in [-0.2, 0) is 9.09 Å². The SMILES string of the molecule is C[N+](C)(F)CCOP(=O)(O)O. The van der Waals surface area contributed by atoms with Gasteiger partial charge >= 0.3 is 7.82 Å². The molecule has 0 rings (SSSR count). The Morgan fingerprint density at radius 1 is 1.55 bits per heavy atom. The molecular formula is C4H12FNO4P+. The van der Waals surface area contributed by atoms with E-state index in [2.05, 4.69) is 4.52 Å². The number of rotatable bonds is 4. The Bertz CT molecular complexity index is 162. The van der Waals surface area contributed by atoms with Gasteiger partial charge in [0.1, 0.15) is 27.2 Å². The van der Waals surface area contributed by atoms with Crippen LogP contribution in [0.5, 0.6) is 0 Å². The maximum Gasteiger partial charge on any atom is 0.469 e. The van der Waals surface area contributed by atoms with E-state index in [0.29, 0.717) is 0 Å². The van der Waals surface area contributed by atoms with Crippen molar-refractivity contribution >= 4 is 7.82 Å². The smallest absolute Gasteiger partial charge is 0.303 e. The first kappa shape index (κ1) is 11.0. The Kier molecular flexibility index (Phi) is 3.60. The van der Waals surface area contributed by atoms with E-state index in [0.717, 1.165) is 0 Å². The van der Waals surface area contributed by atoms with Gasteiger partial charge in [-0.25, -0.2) is 4.57 Å². The highest BCUT2D eigenvalue weighted by molar-refractivity contribution is 7.46. The molecule has 0 aliphatic carbocycles. The predicted octanol–water partition coefficient (Wildman–Crippen LogP) is 0.0566. The van der Waals surface area contributed by atoms with Gasteiger partial charge in [-0.1, -0.05) is 0 Å². The minimum atomic E-state index is -4.43. The van der Waals surface area contributed by atoms with Crippen LogP contribution in [0.3, 0.4) is 0 Å². The molecule has 0 unspecified atom stereocenters. The quantitative estimate of drug-likeness (QED) is 0.483. The Morgan fingerprint density at radius 3 is 2.27 bits per heavy atom. The summed E-state index contributed by atoms with van der Waals surface area (Å²) in [6, 6.07) is 0. The van der Waals surface area contributed by atoms with Gasteiger partial charge in [-0.05, 0) is 4.48 Å². The predicted molar refractivity (Wildman–Crippen MR) is 36.1 cm³/mol. The molecule has 5 nitrogen and oxygen atoms in total. The summed E-state index contributed by atoms with van der Waals surface area (Å²) in [6.45, 7) is -0.390. The molecule has 0 fully saturated rings. The zero-order valence-electron chi connectivity index (χ0n) is 6.40. The lowest BCUT2D eigenvalue weighted by molar-refractivity contribution is -1.02. The van der Waals surface area contributed by atoms with Crippen LogP contribution in [0.25, 0.3) is 0 Å². The molecule has 0 aromatic rings. The summed E-state index contributed by atoms with van der Waals surface area (Å²) >= 11 is 0. The fourth-order valence-corrected chi connectivity index (χ4v) is 0.696. The number of quaternary nitrogens is 1. The molecule has 0 aliphatic heterocycles. The molecule has 0 bridgehead atoms. The molecule has 0 saturated carbocycles. The van der Waals surface area contributed by atoms with Crippen molar-refractivity contribution < 1.29 is 28.1 Å². The lowest BCUT2D eigenvalue weighted by Crippen LogP contribution is -2.32. The Morgan fingerprint density at radius 2 is 2.00 bits per heavy atom. The number of likely N-dealkylation sites (N-methyl/N-ethyl adjacent to an activating group) is 1. The molecule has 0 radical (unpaired) electrons. The average molecular weight is 188 g/mol. The molecule has 0 atom stereocenters. The zero-order chi connectivity index (χ0) is 9.12. The minimum absolute atomic E-state index is 0.0922. The topological polar surface area (TPSA) is 66.8 Å². The highest BCUT2D eigenvalue weighted by atomic mass is 31.2. The van der Waals surface area contributed by atoms with Crippen LogP contribution in [0.2, 0.25) is 0 Å². The molecular weight excluding hydrogens is 176 g/mol. The van der Waals surface area contributed by atoms with Gasteiger partial charge in [0.15, 0.2) is 0 Å². The van der Waals surface area contributed by atoms with E-state index in [1.54, 1.807) is 0 Å². The lowest BCUT2D eigenvalue weighted by Gasteiger charge is -2.14. The lowest BCUT2D eigenvalue weighted by atomic mass is 10.6. The number of nitrogens with zero attached hydrogens (tertiary/aromatic N) is 1. The third kappa shape index (κ3) is 10.0. The molecule has 11 heavy (non-hydrogen) atoms. The van der Waals surface area contributed by atoms with Crippen LogP contribution in [0.1, 0.15) is 0 Å². The second kappa shape index (κ2) is 3.60. The van der Waals surface area contributed by atoms with Gasteiger partial charge in [0.2, 0.25) is 0 Å². The van der Waals surface area contributed by atoms with E-state index in [-0.39, 0.29) is 13.2 Å². The van der Waals surface area contributed by atoms with Gasteiger partial charge in [0.05, 0.1) is 0 Å². The average Bonchev–Trinajstić information content (AvgIpc) is 1.55. The molecule has 0 aliphatic rings. The summed E-state index contributed by atoms with van der Waals surface area (Å²) in [7, 11) is -1.92. The number of halogens is 1. The first-order valence-corrected chi connectivity index (χ1v) is 4.46. The molecule has 7 heteroatoms. The van der Waals surface area contributed by atoms with Gasteiger partial charge in [-0.2, -0.15) is 0 Å². The maximum absolute atomic E-state index is 12.6. The molecule has 0 aromatic heterocycles. The molecule has 0 heterocycles. The van der Waals surface area contributed by atoms with Gasteiger partial charge in [0.25, 0.3) is 0 Å². The van der Waals surface area contributed by atoms with Crippen molar-refractivity contribution in [2.45, 2.75) is 0 Å². The van der Waals surface area contributed by atoms with Crippen LogP contribution in [-0.4, -0.2) is 41.7 Å². The molecule has 0 spiro atoms. The van der Waals surface area contributed by atoms with E-state index in [1.807, 2.05) is 0 Å². The molecule has 68 valence electrons.